The molecule has 0 fully saturated rings. The minimum atomic E-state index is -0.381. The monoisotopic (exact) mass is 314 g/mol. The highest BCUT2D eigenvalue weighted by molar-refractivity contribution is 5.90. The Balaban J connectivity index is 2.25. The lowest BCUT2D eigenvalue weighted by molar-refractivity contribution is 0.0601. The third kappa shape index (κ3) is 4.95. The average molecular weight is 314 g/mol. The third-order valence-electron chi connectivity index (χ3n) is 2.90. The summed E-state index contributed by atoms with van der Waals surface area (Å²) < 4.78 is 4.73. The lowest BCUT2D eigenvalue weighted by Crippen LogP contribution is -2.27. The second kappa shape index (κ2) is 6.64. The molecule has 23 heavy (non-hydrogen) atoms. The Morgan fingerprint density at radius 1 is 1.17 bits per heavy atom. The van der Waals surface area contributed by atoms with Crippen LogP contribution in [0.15, 0.2) is 30.3 Å². The van der Waals surface area contributed by atoms with Crippen molar-refractivity contribution in [3.8, 4) is 0 Å². The number of benzene rings is 1. The molecule has 0 aliphatic rings. The number of ether oxygens (including phenoxy) is 1. The zero-order valence-electron chi connectivity index (χ0n) is 14.1. The van der Waals surface area contributed by atoms with Crippen LogP contribution in [0.25, 0.3) is 0 Å². The average Bonchev–Trinajstić information content (AvgIpc) is 2.44. The lowest BCUT2D eigenvalue weighted by Gasteiger charge is -2.21. The number of nitrogens with zero attached hydrogens (tertiary/aromatic N) is 2. The first kappa shape index (κ1) is 16.7. The van der Waals surface area contributed by atoms with Crippen LogP contribution in [0, 0.1) is 6.92 Å². The lowest BCUT2D eigenvalue weighted by atomic mass is 10.1. The van der Waals surface area contributed by atoms with Crippen LogP contribution in [-0.4, -0.2) is 28.6 Å². The highest BCUT2D eigenvalue weighted by atomic mass is 16.5. The van der Waals surface area contributed by atoms with Crippen molar-refractivity contribution < 1.29 is 9.53 Å². The van der Waals surface area contributed by atoms with Gasteiger partial charge < -0.3 is 15.4 Å². The van der Waals surface area contributed by atoms with Crippen molar-refractivity contribution >= 4 is 23.4 Å². The first-order valence-corrected chi connectivity index (χ1v) is 7.36. The van der Waals surface area contributed by atoms with E-state index in [9.17, 15) is 4.79 Å². The van der Waals surface area contributed by atoms with E-state index in [2.05, 4.69) is 41.4 Å². The zero-order chi connectivity index (χ0) is 17.0. The molecule has 122 valence electrons. The van der Waals surface area contributed by atoms with Gasteiger partial charge in [-0.05, 0) is 45.9 Å². The maximum Gasteiger partial charge on any atom is 0.337 e. The van der Waals surface area contributed by atoms with E-state index in [0.717, 1.165) is 17.2 Å². The molecule has 0 bridgehead atoms. The number of esters is 1. The zero-order valence-corrected chi connectivity index (χ0v) is 14.1. The Morgan fingerprint density at radius 3 is 2.57 bits per heavy atom. The Labute approximate surface area is 136 Å². The fourth-order valence-corrected chi connectivity index (χ4v) is 2.04. The molecule has 0 saturated carbocycles. The summed E-state index contributed by atoms with van der Waals surface area (Å²) in [7, 11) is 1.36. The highest BCUT2D eigenvalue weighted by Gasteiger charge is 2.12. The Morgan fingerprint density at radius 2 is 1.91 bits per heavy atom. The number of nitrogens with one attached hydrogen (secondary N) is 2. The molecule has 0 saturated heterocycles. The van der Waals surface area contributed by atoms with E-state index >= 15 is 0 Å². The fraction of sp³-hybridized carbons (Fsp3) is 0.353. The maximum atomic E-state index is 11.6. The molecule has 0 radical (unpaired) electrons. The van der Waals surface area contributed by atoms with Gasteiger partial charge in [0.1, 0.15) is 5.82 Å². The summed E-state index contributed by atoms with van der Waals surface area (Å²) in [4.78, 5) is 20.4. The van der Waals surface area contributed by atoms with Gasteiger partial charge in [0.15, 0.2) is 0 Å². The van der Waals surface area contributed by atoms with Crippen molar-refractivity contribution in [3.63, 3.8) is 0 Å². The van der Waals surface area contributed by atoms with Gasteiger partial charge in [-0.1, -0.05) is 6.07 Å². The number of carbonyl (C=O) groups excluding carboxylic acids is 1. The van der Waals surface area contributed by atoms with Crippen molar-refractivity contribution in [1.29, 1.82) is 0 Å². The first-order chi connectivity index (χ1) is 10.8. The molecule has 1 heterocycles. The summed E-state index contributed by atoms with van der Waals surface area (Å²) in [5, 5.41) is 6.44. The van der Waals surface area contributed by atoms with Crippen LogP contribution in [0.1, 0.15) is 36.8 Å². The number of hydrogen-bond donors (Lipinski definition) is 2. The van der Waals surface area contributed by atoms with E-state index in [-0.39, 0.29) is 11.5 Å². The molecule has 0 spiro atoms. The Bertz CT molecular complexity index is 708. The first-order valence-electron chi connectivity index (χ1n) is 7.36. The fourth-order valence-electron chi connectivity index (χ4n) is 2.04. The molecule has 6 heteroatoms. The number of hydrogen-bond acceptors (Lipinski definition) is 6. The number of anilines is 3. The van der Waals surface area contributed by atoms with Gasteiger partial charge in [0.05, 0.1) is 12.7 Å². The molecule has 6 nitrogen and oxygen atoms in total. The van der Waals surface area contributed by atoms with E-state index in [1.54, 1.807) is 18.2 Å². The topological polar surface area (TPSA) is 76.1 Å². The standard InChI is InChI=1S/C17H22N4O2/c1-11-9-14(21-17(2,3)4)20-16(18-11)19-13-8-6-7-12(10-13)15(22)23-5/h6-10H,1-5H3,(H2,18,19,20,21). The molecule has 2 rings (SSSR count). The molecule has 0 aliphatic carbocycles. The van der Waals surface area contributed by atoms with Crippen LogP contribution in [0.5, 0.6) is 0 Å². The minimum Gasteiger partial charge on any atom is -0.465 e. The van der Waals surface area contributed by atoms with Gasteiger partial charge >= 0.3 is 5.97 Å². The maximum absolute atomic E-state index is 11.6. The van der Waals surface area contributed by atoms with Gasteiger partial charge in [-0.25, -0.2) is 9.78 Å². The molecule has 1 aromatic carbocycles. The second-order valence-electron chi connectivity index (χ2n) is 6.29. The number of aromatic nitrogens is 2. The molecular formula is C17H22N4O2. The van der Waals surface area contributed by atoms with Gasteiger partial charge in [-0.2, -0.15) is 4.98 Å². The Hall–Kier alpha value is -2.63. The summed E-state index contributed by atoms with van der Waals surface area (Å²) in [6.07, 6.45) is 0. The summed E-state index contributed by atoms with van der Waals surface area (Å²) in [5.41, 5.74) is 1.94. The second-order valence-corrected chi connectivity index (χ2v) is 6.29. The minimum absolute atomic E-state index is 0.0944. The molecule has 2 aromatic rings. The van der Waals surface area contributed by atoms with Crippen LogP contribution in [0.2, 0.25) is 0 Å². The van der Waals surface area contributed by atoms with Crippen LogP contribution in [0.4, 0.5) is 17.5 Å². The normalized spacial score (nSPS) is 11.0. The summed E-state index contributed by atoms with van der Waals surface area (Å²) in [6.45, 7) is 8.11. The number of methoxy groups -OCH3 is 1. The highest BCUT2D eigenvalue weighted by Crippen LogP contribution is 2.19. The van der Waals surface area contributed by atoms with Crippen molar-refractivity contribution in [2.24, 2.45) is 0 Å². The van der Waals surface area contributed by atoms with Gasteiger partial charge in [0, 0.05) is 23.0 Å². The van der Waals surface area contributed by atoms with E-state index < -0.39 is 0 Å². The number of carbonyl (C=O) groups is 1. The smallest absolute Gasteiger partial charge is 0.337 e. The van der Waals surface area contributed by atoms with Gasteiger partial charge in [-0.15, -0.1) is 0 Å². The van der Waals surface area contributed by atoms with Crippen LogP contribution >= 0.6 is 0 Å². The molecule has 0 amide bonds. The van der Waals surface area contributed by atoms with E-state index in [0.29, 0.717) is 11.5 Å². The molecular weight excluding hydrogens is 292 g/mol. The van der Waals surface area contributed by atoms with Gasteiger partial charge in [-0.3, -0.25) is 0 Å². The van der Waals surface area contributed by atoms with E-state index in [1.165, 1.54) is 7.11 Å². The molecule has 0 aliphatic heterocycles. The van der Waals surface area contributed by atoms with Crippen molar-refractivity contribution in [1.82, 2.24) is 9.97 Å². The molecule has 2 N–H and O–H groups in total. The molecule has 0 atom stereocenters. The van der Waals surface area contributed by atoms with Gasteiger partial charge in [0.2, 0.25) is 5.95 Å². The van der Waals surface area contributed by atoms with Gasteiger partial charge in [0.25, 0.3) is 0 Å². The van der Waals surface area contributed by atoms with Crippen molar-refractivity contribution in [3.05, 3.63) is 41.6 Å². The quantitative estimate of drug-likeness (QED) is 0.841. The summed E-state index contributed by atoms with van der Waals surface area (Å²) >= 11 is 0. The van der Waals surface area contributed by atoms with Crippen LogP contribution in [0.3, 0.4) is 0 Å². The largest absolute Gasteiger partial charge is 0.465 e. The van der Waals surface area contributed by atoms with Crippen LogP contribution < -0.4 is 10.6 Å². The third-order valence-corrected chi connectivity index (χ3v) is 2.90. The predicted octanol–water partition coefficient (Wildman–Crippen LogP) is 3.53. The summed E-state index contributed by atoms with van der Waals surface area (Å²) in [6, 6.07) is 8.91. The predicted molar refractivity (Wildman–Crippen MR) is 91.2 cm³/mol. The molecule has 0 unspecified atom stereocenters. The number of aryl methyl sites for hydroxylation is 1. The molecule has 1 aromatic heterocycles. The van der Waals surface area contributed by atoms with Crippen molar-refractivity contribution in [2.75, 3.05) is 17.7 Å². The van der Waals surface area contributed by atoms with Crippen molar-refractivity contribution in [2.45, 2.75) is 33.2 Å². The number of rotatable bonds is 4. The van der Waals surface area contributed by atoms with E-state index in [4.69, 9.17) is 4.74 Å². The van der Waals surface area contributed by atoms with E-state index in [1.807, 2.05) is 19.1 Å². The summed E-state index contributed by atoms with van der Waals surface area (Å²) in [5.74, 6) is 0.837. The SMILES string of the molecule is COC(=O)c1cccc(Nc2nc(C)cc(NC(C)(C)C)n2)c1. The Kier molecular flexibility index (Phi) is 4.83. The van der Waals surface area contributed by atoms with Crippen LogP contribution in [-0.2, 0) is 4.74 Å².